The topological polar surface area (TPSA) is 9.23 Å². The van der Waals surface area contributed by atoms with Crippen molar-refractivity contribution in [2.45, 2.75) is 78.6 Å². The fraction of sp³-hybridized carbons (Fsp3) is 0.667. The summed E-state index contributed by atoms with van der Waals surface area (Å²) in [5, 5.41) is 0. The van der Waals surface area contributed by atoms with Gasteiger partial charge in [-0.15, -0.1) is 0 Å². The van der Waals surface area contributed by atoms with E-state index >= 15 is 0 Å². The summed E-state index contributed by atoms with van der Waals surface area (Å²) in [7, 11) is 0. The third-order valence-electron chi connectivity index (χ3n) is 6.12. The van der Waals surface area contributed by atoms with Crippen LogP contribution in [0, 0.1) is 17.8 Å². The Balaban J connectivity index is 1.63. The number of hydrogen-bond acceptors (Lipinski definition) is 1. The van der Waals surface area contributed by atoms with Crippen molar-refractivity contribution in [3.05, 3.63) is 42.0 Å². The first kappa shape index (κ1) is 20.1. The third kappa shape index (κ3) is 7.26. The summed E-state index contributed by atoms with van der Waals surface area (Å²) in [5.74, 6) is 3.61. The number of ether oxygens (including phenoxy) is 1. The number of rotatable bonds is 11. The molecule has 1 nitrogen and oxygen atoms in total. The molecule has 0 amide bonds. The summed E-state index contributed by atoms with van der Waals surface area (Å²) < 4.78 is 5.82. The monoisotopic (exact) mass is 342 g/mol. The first-order valence-electron chi connectivity index (χ1n) is 10.6. The highest BCUT2D eigenvalue weighted by Crippen LogP contribution is 2.33. The molecule has 1 heteroatoms. The van der Waals surface area contributed by atoms with E-state index in [0.717, 1.165) is 36.5 Å². The summed E-state index contributed by atoms with van der Waals surface area (Å²) in [6.45, 7) is 7.92. The molecule has 0 fully saturated rings. The van der Waals surface area contributed by atoms with Gasteiger partial charge >= 0.3 is 0 Å². The molecule has 140 valence electrons. The quantitative estimate of drug-likeness (QED) is 0.300. The van der Waals surface area contributed by atoms with Crippen molar-refractivity contribution < 1.29 is 4.74 Å². The first-order valence-corrected chi connectivity index (χ1v) is 10.6. The van der Waals surface area contributed by atoms with E-state index in [4.69, 9.17) is 4.74 Å². The lowest BCUT2D eigenvalue weighted by Crippen LogP contribution is -2.12. The van der Waals surface area contributed by atoms with Gasteiger partial charge in [0.2, 0.25) is 0 Å². The minimum absolute atomic E-state index is 0.722. The van der Waals surface area contributed by atoms with Crippen LogP contribution in [-0.2, 0) is 0 Å². The molecule has 0 aliphatic heterocycles. The minimum atomic E-state index is 0.722. The summed E-state index contributed by atoms with van der Waals surface area (Å²) in [4.78, 5) is 0. The van der Waals surface area contributed by atoms with E-state index in [0.29, 0.717) is 0 Å². The Morgan fingerprint density at radius 1 is 1.08 bits per heavy atom. The summed E-state index contributed by atoms with van der Waals surface area (Å²) >= 11 is 0. The predicted octanol–water partition coefficient (Wildman–Crippen LogP) is 7.42. The van der Waals surface area contributed by atoms with E-state index in [1.807, 2.05) is 30.3 Å². The summed E-state index contributed by atoms with van der Waals surface area (Å²) in [5.41, 5.74) is 1.71. The number of para-hydroxylation sites is 1. The molecule has 1 aromatic rings. The molecule has 25 heavy (non-hydrogen) atoms. The first-order chi connectivity index (χ1) is 12.2. The van der Waals surface area contributed by atoms with Gasteiger partial charge in [0.1, 0.15) is 5.75 Å². The molecule has 1 aliphatic rings. The Hall–Kier alpha value is -1.24. The third-order valence-corrected chi connectivity index (χ3v) is 6.12. The highest BCUT2D eigenvalue weighted by atomic mass is 16.5. The molecule has 2 rings (SSSR count). The zero-order chi connectivity index (χ0) is 17.9. The van der Waals surface area contributed by atoms with Crippen LogP contribution in [0.5, 0.6) is 5.75 Å². The van der Waals surface area contributed by atoms with Crippen LogP contribution in [0.4, 0.5) is 0 Å². The second-order valence-electron chi connectivity index (χ2n) is 7.88. The van der Waals surface area contributed by atoms with Gasteiger partial charge < -0.3 is 4.74 Å². The van der Waals surface area contributed by atoms with Crippen LogP contribution < -0.4 is 4.74 Å². The predicted molar refractivity (Wildman–Crippen MR) is 109 cm³/mol. The Morgan fingerprint density at radius 2 is 1.84 bits per heavy atom. The molecule has 0 radical (unpaired) electrons. The van der Waals surface area contributed by atoms with Gasteiger partial charge in [-0.2, -0.15) is 0 Å². The standard InChI is InChI=1S/C24H38O/c1-4-21(5-2)13-14-22-15-17-23(18-16-22)20(3)10-9-19-25-24-11-7-6-8-12-24/h6-8,11-12,17,20-22H,4-5,9-10,13-16,18-19H2,1-3H3. The second kappa shape index (κ2) is 11.4. The van der Waals surface area contributed by atoms with Gasteiger partial charge in [-0.3, -0.25) is 0 Å². The molecule has 0 saturated carbocycles. The molecule has 1 aliphatic carbocycles. The van der Waals surface area contributed by atoms with Gasteiger partial charge in [0.25, 0.3) is 0 Å². The highest BCUT2D eigenvalue weighted by molar-refractivity contribution is 5.20. The molecular formula is C24H38O. The average molecular weight is 343 g/mol. The van der Waals surface area contributed by atoms with Gasteiger partial charge in [0, 0.05) is 0 Å². The lowest BCUT2D eigenvalue weighted by Gasteiger charge is -2.26. The molecule has 0 N–H and O–H groups in total. The van der Waals surface area contributed by atoms with Crippen LogP contribution in [0.3, 0.4) is 0 Å². The van der Waals surface area contributed by atoms with E-state index in [9.17, 15) is 0 Å². The van der Waals surface area contributed by atoms with Gasteiger partial charge in [-0.25, -0.2) is 0 Å². The van der Waals surface area contributed by atoms with Crippen LogP contribution in [0.25, 0.3) is 0 Å². The molecule has 0 bridgehead atoms. The van der Waals surface area contributed by atoms with Crippen LogP contribution in [0.2, 0.25) is 0 Å². The van der Waals surface area contributed by atoms with Crippen molar-refractivity contribution in [1.29, 1.82) is 0 Å². The molecule has 0 heterocycles. The molecule has 0 spiro atoms. The van der Waals surface area contributed by atoms with Crippen molar-refractivity contribution in [3.8, 4) is 5.75 Å². The van der Waals surface area contributed by atoms with Gasteiger partial charge in [-0.1, -0.05) is 69.9 Å². The molecule has 2 unspecified atom stereocenters. The summed E-state index contributed by atoms with van der Waals surface area (Å²) in [6.07, 6.45) is 14.6. The van der Waals surface area contributed by atoms with Gasteiger partial charge in [0.05, 0.1) is 6.61 Å². The van der Waals surface area contributed by atoms with E-state index in [-0.39, 0.29) is 0 Å². The SMILES string of the molecule is CCC(CC)CCC1CC=C(C(C)CCCOc2ccccc2)CC1. The Bertz CT molecular complexity index is 486. The fourth-order valence-corrected chi connectivity index (χ4v) is 4.07. The van der Waals surface area contributed by atoms with Crippen LogP contribution in [0.15, 0.2) is 42.0 Å². The smallest absolute Gasteiger partial charge is 0.119 e. The molecule has 1 aromatic carbocycles. The van der Waals surface area contributed by atoms with Crippen LogP contribution in [-0.4, -0.2) is 6.61 Å². The van der Waals surface area contributed by atoms with Crippen molar-refractivity contribution in [3.63, 3.8) is 0 Å². The largest absolute Gasteiger partial charge is 0.494 e. The van der Waals surface area contributed by atoms with E-state index in [1.165, 1.54) is 51.4 Å². The van der Waals surface area contributed by atoms with Crippen molar-refractivity contribution in [2.24, 2.45) is 17.8 Å². The number of hydrogen-bond donors (Lipinski definition) is 0. The zero-order valence-electron chi connectivity index (χ0n) is 16.7. The van der Waals surface area contributed by atoms with Crippen LogP contribution >= 0.6 is 0 Å². The maximum Gasteiger partial charge on any atom is 0.119 e. The average Bonchev–Trinajstić information content (AvgIpc) is 2.67. The molecule has 0 aromatic heterocycles. The van der Waals surface area contributed by atoms with Crippen molar-refractivity contribution in [1.82, 2.24) is 0 Å². The zero-order valence-corrected chi connectivity index (χ0v) is 16.7. The number of benzene rings is 1. The number of allylic oxidation sites excluding steroid dienone is 2. The molecular weight excluding hydrogens is 304 g/mol. The van der Waals surface area contributed by atoms with Gasteiger partial charge in [-0.05, 0) is 68.4 Å². The van der Waals surface area contributed by atoms with E-state index < -0.39 is 0 Å². The fourth-order valence-electron chi connectivity index (χ4n) is 4.07. The minimum Gasteiger partial charge on any atom is -0.494 e. The Morgan fingerprint density at radius 3 is 2.48 bits per heavy atom. The van der Waals surface area contributed by atoms with Crippen molar-refractivity contribution in [2.75, 3.05) is 6.61 Å². The lowest BCUT2D eigenvalue weighted by molar-refractivity contribution is 0.296. The highest BCUT2D eigenvalue weighted by Gasteiger charge is 2.18. The normalized spacial score (nSPS) is 18.9. The second-order valence-corrected chi connectivity index (χ2v) is 7.88. The Labute approximate surface area is 155 Å². The molecule has 0 saturated heterocycles. The van der Waals surface area contributed by atoms with Crippen LogP contribution in [0.1, 0.15) is 78.6 Å². The maximum atomic E-state index is 5.82. The Kier molecular flexibility index (Phi) is 9.15. The summed E-state index contributed by atoms with van der Waals surface area (Å²) in [6, 6.07) is 10.2. The maximum absolute atomic E-state index is 5.82. The van der Waals surface area contributed by atoms with Gasteiger partial charge in [0.15, 0.2) is 0 Å². The molecule has 2 atom stereocenters. The van der Waals surface area contributed by atoms with E-state index in [2.05, 4.69) is 26.8 Å². The van der Waals surface area contributed by atoms with Crippen molar-refractivity contribution >= 4 is 0 Å². The van der Waals surface area contributed by atoms with E-state index in [1.54, 1.807) is 5.57 Å². The lowest BCUT2D eigenvalue weighted by atomic mass is 9.80.